The molecule has 0 radical (unpaired) electrons. The van der Waals surface area contributed by atoms with Crippen LogP contribution in [-0.4, -0.2) is 50.4 Å². The van der Waals surface area contributed by atoms with E-state index in [-0.39, 0.29) is 11.8 Å². The molecule has 0 fully saturated rings. The molecule has 4 nitrogen and oxygen atoms in total. The zero-order valence-electron chi connectivity index (χ0n) is 8.07. The summed E-state index contributed by atoms with van der Waals surface area (Å²) in [7, 11) is 1.88. The summed E-state index contributed by atoms with van der Waals surface area (Å²) in [6.07, 6.45) is 0.426. The van der Waals surface area contributed by atoms with Crippen LogP contribution in [0.1, 0.15) is 13.3 Å². The normalized spacial score (nSPS) is 16.1. The summed E-state index contributed by atoms with van der Waals surface area (Å²) in [5.74, 6) is -0.260. The zero-order valence-corrected chi connectivity index (χ0v) is 8.89. The van der Waals surface area contributed by atoms with Gasteiger partial charge in [0.2, 0.25) is 0 Å². The minimum absolute atomic E-state index is 0.189. The maximum absolute atomic E-state index is 10.3. The molecule has 0 aliphatic heterocycles. The topological polar surface area (TPSA) is 57.2 Å². The quantitative estimate of drug-likeness (QED) is 0.469. The van der Waals surface area contributed by atoms with Crippen molar-refractivity contribution >= 4 is 10.1 Å². The van der Waals surface area contributed by atoms with Crippen LogP contribution in [0.3, 0.4) is 0 Å². The van der Waals surface area contributed by atoms with Gasteiger partial charge in [0, 0.05) is 12.2 Å². The number of hydrogen-bond acceptors (Lipinski definition) is 3. The summed E-state index contributed by atoms with van der Waals surface area (Å²) in [4.78, 5) is 0. The Hall–Kier alpha value is -0.130. The summed E-state index contributed by atoms with van der Waals surface area (Å²) in [6.45, 7) is 1.94. The summed E-state index contributed by atoms with van der Waals surface area (Å²) in [5.41, 5.74) is 0. The Kier molecular flexibility index (Phi) is 3.68. The summed E-state index contributed by atoms with van der Waals surface area (Å²) in [5, 5.41) is 0. The Morgan fingerprint density at radius 1 is 1.33 bits per heavy atom. The molecular formula is C7H17NO3S. The first-order chi connectivity index (χ1) is 5.13. The number of quaternary nitrogens is 1. The van der Waals surface area contributed by atoms with E-state index in [1.54, 1.807) is 0 Å². The Morgan fingerprint density at radius 2 is 1.75 bits per heavy atom. The van der Waals surface area contributed by atoms with E-state index in [1.165, 1.54) is 0 Å². The lowest BCUT2D eigenvalue weighted by Crippen LogP contribution is -2.43. The number of rotatable bonds is 4. The Balaban J connectivity index is 3.97. The van der Waals surface area contributed by atoms with Gasteiger partial charge in [0.25, 0.3) is 0 Å². The molecule has 0 saturated heterocycles. The van der Waals surface area contributed by atoms with Gasteiger partial charge in [0.15, 0.2) is 0 Å². The first kappa shape index (κ1) is 11.9. The van der Waals surface area contributed by atoms with E-state index in [0.717, 1.165) is 0 Å². The Labute approximate surface area is 74.5 Å². The number of hydrogen-bond donors (Lipinski definition) is 0. The van der Waals surface area contributed by atoms with Crippen molar-refractivity contribution in [3.05, 3.63) is 0 Å². The van der Waals surface area contributed by atoms with Crippen LogP contribution in [-0.2, 0) is 10.1 Å². The number of nitrogens with zero attached hydrogens (tertiary/aromatic N) is 1. The molecule has 0 aliphatic carbocycles. The Bertz CT molecular complexity index is 228. The third kappa shape index (κ3) is 5.51. The van der Waals surface area contributed by atoms with Gasteiger partial charge in [-0.2, -0.15) is 0 Å². The molecule has 1 atom stereocenters. The molecule has 0 aromatic rings. The highest BCUT2D eigenvalue weighted by Gasteiger charge is 2.18. The molecule has 0 saturated carbocycles. The van der Waals surface area contributed by atoms with Crippen LogP contribution in [0, 0.1) is 0 Å². The molecule has 0 aromatic heterocycles. The lowest BCUT2D eigenvalue weighted by atomic mass is 10.2. The average molecular weight is 195 g/mol. The van der Waals surface area contributed by atoms with Gasteiger partial charge in [-0.25, -0.2) is 8.42 Å². The maximum Gasteiger partial charge on any atom is 0.0948 e. The van der Waals surface area contributed by atoms with Gasteiger partial charge < -0.3 is 9.04 Å². The molecule has 0 heterocycles. The van der Waals surface area contributed by atoms with Crippen LogP contribution in [0.2, 0.25) is 0 Å². The van der Waals surface area contributed by atoms with E-state index in [0.29, 0.717) is 10.9 Å². The van der Waals surface area contributed by atoms with Crippen molar-refractivity contribution in [1.29, 1.82) is 0 Å². The predicted octanol–water partition coefficient (Wildman–Crippen LogP) is 0.0164. The van der Waals surface area contributed by atoms with Crippen LogP contribution in [0.5, 0.6) is 0 Å². The molecule has 12 heavy (non-hydrogen) atoms. The highest BCUT2D eigenvalue weighted by atomic mass is 32.2. The van der Waals surface area contributed by atoms with Gasteiger partial charge in [-0.1, -0.05) is 0 Å². The van der Waals surface area contributed by atoms with E-state index >= 15 is 0 Å². The van der Waals surface area contributed by atoms with Gasteiger partial charge in [0.05, 0.1) is 37.3 Å². The molecule has 0 aromatic carbocycles. The molecule has 0 N–H and O–H groups in total. The summed E-state index contributed by atoms with van der Waals surface area (Å²) < 4.78 is 31.6. The van der Waals surface area contributed by atoms with Crippen LogP contribution in [0.4, 0.5) is 0 Å². The highest BCUT2D eigenvalue weighted by Crippen LogP contribution is 2.07. The average Bonchev–Trinajstić information content (AvgIpc) is 1.78. The predicted molar refractivity (Wildman–Crippen MR) is 46.7 cm³/mol. The monoisotopic (exact) mass is 195 g/mol. The largest absolute Gasteiger partial charge is 0.748 e. The Morgan fingerprint density at radius 3 is 2.00 bits per heavy atom. The van der Waals surface area contributed by atoms with Crippen LogP contribution >= 0.6 is 0 Å². The van der Waals surface area contributed by atoms with Crippen molar-refractivity contribution in [2.45, 2.75) is 19.4 Å². The maximum atomic E-state index is 10.3. The molecule has 74 valence electrons. The van der Waals surface area contributed by atoms with Gasteiger partial charge in [-0.3, -0.25) is 0 Å². The van der Waals surface area contributed by atoms with Crippen molar-refractivity contribution in [2.24, 2.45) is 0 Å². The van der Waals surface area contributed by atoms with Gasteiger partial charge in [-0.05, 0) is 6.92 Å². The van der Waals surface area contributed by atoms with E-state index in [9.17, 15) is 13.0 Å². The van der Waals surface area contributed by atoms with Crippen molar-refractivity contribution in [1.82, 2.24) is 0 Å². The third-order valence-corrected chi connectivity index (χ3v) is 2.84. The fourth-order valence-electron chi connectivity index (χ4n) is 0.702. The highest BCUT2D eigenvalue weighted by molar-refractivity contribution is 7.85. The molecule has 1 unspecified atom stereocenters. The first-order valence-corrected chi connectivity index (χ1v) is 5.45. The van der Waals surface area contributed by atoms with Crippen molar-refractivity contribution in [3.63, 3.8) is 0 Å². The van der Waals surface area contributed by atoms with E-state index in [1.807, 2.05) is 28.1 Å². The van der Waals surface area contributed by atoms with Crippen molar-refractivity contribution in [3.8, 4) is 0 Å². The zero-order chi connectivity index (χ0) is 9.99. The molecule has 0 amide bonds. The van der Waals surface area contributed by atoms with Crippen LogP contribution < -0.4 is 0 Å². The van der Waals surface area contributed by atoms with Crippen LogP contribution in [0.25, 0.3) is 0 Å². The van der Waals surface area contributed by atoms with Gasteiger partial charge in [-0.15, -0.1) is 0 Å². The second-order valence-corrected chi connectivity index (χ2v) is 5.54. The first-order valence-electron chi connectivity index (χ1n) is 3.87. The summed E-state index contributed by atoms with van der Waals surface area (Å²) in [6, 6.07) is 0.189. The van der Waals surface area contributed by atoms with E-state index in [2.05, 4.69) is 0 Å². The fraction of sp³-hybridized carbons (Fsp3) is 1.00. The minimum atomic E-state index is -4.04. The smallest absolute Gasteiger partial charge is 0.0948 e. The van der Waals surface area contributed by atoms with E-state index < -0.39 is 10.1 Å². The van der Waals surface area contributed by atoms with E-state index in [4.69, 9.17) is 0 Å². The van der Waals surface area contributed by atoms with Crippen molar-refractivity contribution in [2.75, 3.05) is 26.9 Å². The molecule has 0 bridgehead atoms. The minimum Gasteiger partial charge on any atom is -0.748 e. The SMILES string of the molecule is CC(CCS(=O)(=O)[O-])[N+](C)(C)C. The molecule has 5 heteroatoms. The second-order valence-electron chi connectivity index (χ2n) is 4.02. The molecule has 0 rings (SSSR count). The lowest BCUT2D eigenvalue weighted by Gasteiger charge is -2.31. The third-order valence-electron chi connectivity index (χ3n) is 2.11. The van der Waals surface area contributed by atoms with Gasteiger partial charge >= 0.3 is 0 Å². The lowest BCUT2D eigenvalue weighted by molar-refractivity contribution is -0.894. The molecular weight excluding hydrogens is 178 g/mol. The fourth-order valence-corrected chi connectivity index (χ4v) is 1.33. The van der Waals surface area contributed by atoms with Gasteiger partial charge in [0.1, 0.15) is 0 Å². The molecule has 0 spiro atoms. The molecule has 0 aliphatic rings. The summed E-state index contributed by atoms with van der Waals surface area (Å²) >= 11 is 0. The van der Waals surface area contributed by atoms with Crippen molar-refractivity contribution < 1.29 is 17.5 Å². The standard InChI is InChI=1S/C7H17NO3S/c1-7(8(2,3)4)5-6-12(9,10)11/h7H,5-6H2,1-4H3. The van der Waals surface area contributed by atoms with Crippen LogP contribution in [0.15, 0.2) is 0 Å². The second kappa shape index (κ2) is 3.72.